The Morgan fingerprint density at radius 2 is 1.86 bits per heavy atom. The summed E-state index contributed by atoms with van der Waals surface area (Å²) in [7, 11) is 0. The molecular weight excluding hydrogens is 483 g/mol. The highest BCUT2D eigenvalue weighted by Crippen LogP contribution is 2.36. The van der Waals surface area contributed by atoms with E-state index in [-0.39, 0.29) is 17.3 Å². The summed E-state index contributed by atoms with van der Waals surface area (Å²) in [5, 5.41) is 10.4. The van der Waals surface area contributed by atoms with E-state index in [9.17, 15) is 18.0 Å². The number of hydrogen-bond acceptors (Lipinski definition) is 5. The molecule has 1 amide bonds. The number of aromatic nitrogens is 5. The fraction of sp³-hybridized carbons (Fsp3) is 0.154. The van der Waals surface area contributed by atoms with E-state index in [0.29, 0.717) is 16.8 Å². The number of nitrogens with one attached hydrogen (secondary N) is 3. The quantitative estimate of drug-likeness (QED) is 0.299. The average molecular weight is 503 g/mol. The Balaban J connectivity index is 1.24. The molecule has 1 saturated heterocycles. The second-order valence-electron chi connectivity index (χ2n) is 8.93. The van der Waals surface area contributed by atoms with Gasteiger partial charge in [0.05, 0.1) is 25.0 Å². The van der Waals surface area contributed by atoms with Gasteiger partial charge >= 0.3 is 0 Å². The van der Waals surface area contributed by atoms with Crippen molar-refractivity contribution in [1.29, 1.82) is 0 Å². The van der Waals surface area contributed by atoms with Crippen LogP contribution in [0.3, 0.4) is 0 Å². The van der Waals surface area contributed by atoms with Gasteiger partial charge in [-0.05, 0) is 36.8 Å². The molecule has 3 aromatic heterocycles. The molecule has 1 fully saturated rings. The zero-order valence-corrected chi connectivity index (χ0v) is 19.5. The molecule has 0 radical (unpaired) electrons. The van der Waals surface area contributed by atoms with Crippen LogP contribution >= 0.6 is 0 Å². The Kier molecular flexibility index (Phi) is 5.21. The molecule has 4 heterocycles. The number of anilines is 2. The summed E-state index contributed by atoms with van der Waals surface area (Å²) in [5.41, 5.74) is 3.95. The second-order valence-corrected chi connectivity index (χ2v) is 8.93. The van der Waals surface area contributed by atoms with E-state index in [1.54, 1.807) is 36.7 Å². The zero-order valence-electron chi connectivity index (χ0n) is 19.5. The highest BCUT2D eigenvalue weighted by molar-refractivity contribution is 5.99. The maximum Gasteiger partial charge on any atom is 0.284 e. The van der Waals surface area contributed by atoms with Gasteiger partial charge in [0.25, 0.3) is 11.8 Å². The molecule has 11 heteroatoms. The van der Waals surface area contributed by atoms with Crippen LogP contribution in [0.5, 0.6) is 0 Å². The molecule has 1 aliphatic heterocycles. The molecule has 8 nitrogen and oxygen atoms in total. The summed E-state index contributed by atoms with van der Waals surface area (Å²) in [6.07, 6.45) is 4.58. The van der Waals surface area contributed by atoms with E-state index in [1.165, 1.54) is 6.92 Å². The number of hydrogen-bond donors (Lipinski definition) is 3. The van der Waals surface area contributed by atoms with Crippen molar-refractivity contribution in [3.8, 4) is 22.5 Å². The lowest BCUT2D eigenvalue weighted by Crippen LogP contribution is -2.65. The Bertz CT molecular complexity index is 1610. The van der Waals surface area contributed by atoms with Gasteiger partial charge < -0.3 is 15.2 Å². The summed E-state index contributed by atoms with van der Waals surface area (Å²) in [4.78, 5) is 25.3. The first-order valence-corrected chi connectivity index (χ1v) is 11.5. The van der Waals surface area contributed by atoms with Gasteiger partial charge in [-0.2, -0.15) is 5.10 Å². The number of nitrogens with zero attached hydrogens (tertiary/aromatic N) is 4. The van der Waals surface area contributed by atoms with Crippen LogP contribution in [-0.2, 0) is 0 Å². The van der Waals surface area contributed by atoms with Crippen LogP contribution in [0.25, 0.3) is 33.4 Å². The third-order valence-electron chi connectivity index (χ3n) is 6.56. The zero-order chi connectivity index (χ0) is 25.7. The molecule has 1 atom stereocenters. The van der Waals surface area contributed by atoms with Gasteiger partial charge in [0.1, 0.15) is 5.69 Å². The number of rotatable bonds is 5. The van der Waals surface area contributed by atoms with Crippen LogP contribution in [-0.4, -0.2) is 54.5 Å². The average Bonchev–Trinajstić information content (AvgIpc) is 3.58. The van der Waals surface area contributed by atoms with Crippen molar-refractivity contribution in [3.05, 3.63) is 78.6 Å². The fourth-order valence-electron chi connectivity index (χ4n) is 4.28. The lowest BCUT2D eigenvalue weighted by Gasteiger charge is -2.45. The van der Waals surface area contributed by atoms with Crippen molar-refractivity contribution in [2.24, 2.45) is 0 Å². The van der Waals surface area contributed by atoms with Crippen LogP contribution in [0.1, 0.15) is 17.4 Å². The van der Waals surface area contributed by atoms with Gasteiger partial charge in [-0.1, -0.05) is 24.3 Å². The summed E-state index contributed by atoms with van der Waals surface area (Å²) in [6.45, 7) is 0.729. The van der Waals surface area contributed by atoms with Gasteiger partial charge in [0.15, 0.2) is 17.5 Å². The first-order chi connectivity index (χ1) is 17.8. The highest BCUT2D eigenvalue weighted by Gasteiger charge is 2.54. The van der Waals surface area contributed by atoms with Gasteiger partial charge in [-0.3, -0.25) is 9.89 Å². The van der Waals surface area contributed by atoms with E-state index in [1.807, 2.05) is 24.3 Å². The molecule has 5 aromatic rings. The number of aromatic amines is 2. The van der Waals surface area contributed by atoms with Crippen molar-refractivity contribution < 1.29 is 18.0 Å². The largest absolute Gasteiger partial charge is 0.351 e. The predicted octanol–water partition coefficient (Wildman–Crippen LogP) is 5.38. The van der Waals surface area contributed by atoms with Crippen molar-refractivity contribution in [2.75, 3.05) is 11.9 Å². The van der Waals surface area contributed by atoms with Gasteiger partial charge in [-0.15, -0.1) is 0 Å². The SMILES string of the molecule is CC1N(C(=O)c2cc3ccc(-c4ncc(F)c(Nc5ccc(-c6cn[nH]c6)cc5)n4)cc3[nH]2)CC1(F)F. The molecule has 1 unspecified atom stereocenters. The first kappa shape index (κ1) is 22.8. The molecule has 186 valence electrons. The van der Waals surface area contributed by atoms with Crippen molar-refractivity contribution in [1.82, 2.24) is 30.0 Å². The number of alkyl halides is 2. The molecule has 0 aliphatic carbocycles. The Hall–Kier alpha value is -4.67. The maximum atomic E-state index is 14.5. The summed E-state index contributed by atoms with van der Waals surface area (Å²) < 4.78 is 41.6. The molecule has 6 rings (SSSR count). The first-order valence-electron chi connectivity index (χ1n) is 11.5. The minimum atomic E-state index is -2.87. The lowest BCUT2D eigenvalue weighted by atomic mass is 9.99. The number of halogens is 3. The molecule has 0 saturated carbocycles. The van der Waals surface area contributed by atoms with Crippen molar-refractivity contribution in [3.63, 3.8) is 0 Å². The molecule has 2 aromatic carbocycles. The molecular formula is C26H20F3N7O. The minimum absolute atomic E-state index is 0.0104. The van der Waals surface area contributed by atoms with E-state index in [0.717, 1.165) is 27.6 Å². The molecule has 0 bridgehead atoms. The molecule has 3 N–H and O–H groups in total. The van der Waals surface area contributed by atoms with E-state index in [4.69, 9.17) is 0 Å². The topological polar surface area (TPSA) is 103 Å². The minimum Gasteiger partial charge on any atom is -0.351 e. The van der Waals surface area contributed by atoms with Crippen LogP contribution in [0.2, 0.25) is 0 Å². The number of carbonyl (C=O) groups is 1. The number of benzene rings is 2. The van der Waals surface area contributed by atoms with Crippen molar-refractivity contribution in [2.45, 2.75) is 18.9 Å². The Morgan fingerprint density at radius 1 is 1.08 bits per heavy atom. The number of H-pyrrole nitrogens is 2. The summed E-state index contributed by atoms with van der Waals surface area (Å²) in [6, 6.07) is 13.1. The summed E-state index contributed by atoms with van der Waals surface area (Å²) in [5.74, 6) is -3.69. The van der Waals surface area contributed by atoms with Crippen LogP contribution in [0, 0.1) is 5.82 Å². The Morgan fingerprint density at radius 3 is 2.57 bits per heavy atom. The van der Waals surface area contributed by atoms with E-state index in [2.05, 4.69) is 30.5 Å². The second kappa shape index (κ2) is 8.47. The van der Waals surface area contributed by atoms with Gasteiger partial charge in [0.2, 0.25) is 0 Å². The van der Waals surface area contributed by atoms with Crippen molar-refractivity contribution >= 4 is 28.3 Å². The normalized spacial score (nSPS) is 16.5. The number of likely N-dealkylation sites (tertiary alicyclic amines) is 1. The third kappa shape index (κ3) is 4.07. The smallest absolute Gasteiger partial charge is 0.284 e. The van der Waals surface area contributed by atoms with Gasteiger partial charge in [-0.25, -0.2) is 23.1 Å². The van der Waals surface area contributed by atoms with Gasteiger partial charge in [0, 0.05) is 33.9 Å². The van der Waals surface area contributed by atoms with E-state index >= 15 is 0 Å². The monoisotopic (exact) mass is 503 g/mol. The lowest BCUT2D eigenvalue weighted by molar-refractivity contribution is -0.156. The highest BCUT2D eigenvalue weighted by atomic mass is 19.3. The van der Waals surface area contributed by atoms with Crippen LogP contribution < -0.4 is 5.32 Å². The molecule has 0 spiro atoms. The van der Waals surface area contributed by atoms with Crippen LogP contribution in [0.15, 0.2) is 67.1 Å². The molecule has 1 aliphatic rings. The fourth-order valence-corrected chi connectivity index (χ4v) is 4.28. The maximum absolute atomic E-state index is 14.5. The summed E-state index contributed by atoms with van der Waals surface area (Å²) >= 11 is 0. The number of amides is 1. The number of fused-ring (bicyclic) bond motifs is 1. The van der Waals surface area contributed by atoms with Crippen LogP contribution in [0.4, 0.5) is 24.7 Å². The number of carbonyl (C=O) groups excluding carboxylic acids is 1. The molecule has 37 heavy (non-hydrogen) atoms. The predicted molar refractivity (Wildman–Crippen MR) is 132 cm³/mol. The van der Waals surface area contributed by atoms with E-state index < -0.39 is 30.2 Å². The third-order valence-corrected chi connectivity index (χ3v) is 6.56. The standard InChI is InChI=1S/C26H20F3N7O/c1-14-26(28,29)13-36(14)25(37)22-8-16-2-3-17(9-21(16)34-22)23-30-12-20(27)24(35-23)33-19-6-4-15(5-7-19)18-10-31-32-11-18/h2-12,14,34H,13H2,1H3,(H,31,32)(H,30,33,35). The Labute approximate surface area is 208 Å².